The van der Waals surface area contributed by atoms with Crippen molar-refractivity contribution in [2.75, 3.05) is 49.8 Å². The highest BCUT2D eigenvalue weighted by molar-refractivity contribution is 5.92. The number of nitrogen functional groups attached to an aromatic ring is 1. The molecule has 1 aliphatic heterocycles. The van der Waals surface area contributed by atoms with Crippen LogP contribution >= 0.6 is 24.8 Å². The van der Waals surface area contributed by atoms with Gasteiger partial charge >= 0.3 is 6.03 Å². The Morgan fingerprint density at radius 3 is 1.95 bits per heavy atom. The standard InChI is InChI=1S/C33H44N4O3.2ClH/c1-22(2)25-19-24(34)20-26(23(3)4)31(25)36-32(38)35-21-33(27-11-7-9-13-29(27)39-5)15-17-37(18-16-33)28-12-8-10-14-30(28)40-6;;/h7-14,19-20,22-23H,15-18,21,34H2,1-6H3,(H2,35,36,38);2*1H. The van der Waals surface area contributed by atoms with Crippen LogP contribution in [0.4, 0.5) is 21.9 Å². The molecule has 2 amide bonds. The number of halogens is 2. The first kappa shape index (κ1) is 34.9. The van der Waals surface area contributed by atoms with E-state index >= 15 is 0 Å². The number of anilines is 3. The number of nitrogens with one attached hydrogen (secondary N) is 2. The number of carbonyl (C=O) groups is 1. The second kappa shape index (κ2) is 15.3. The lowest BCUT2D eigenvalue weighted by Gasteiger charge is -2.44. The van der Waals surface area contributed by atoms with Gasteiger partial charge in [0.05, 0.1) is 19.9 Å². The van der Waals surface area contributed by atoms with E-state index in [4.69, 9.17) is 15.2 Å². The van der Waals surface area contributed by atoms with Crippen LogP contribution < -0.4 is 30.7 Å². The highest BCUT2D eigenvalue weighted by Gasteiger charge is 2.39. The summed E-state index contributed by atoms with van der Waals surface area (Å²) in [5.41, 5.74) is 11.8. The van der Waals surface area contributed by atoms with Gasteiger partial charge in [-0.3, -0.25) is 0 Å². The minimum absolute atomic E-state index is 0. The van der Waals surface area contributed by atoms with E-state index in [1.54, 1.807) is 14.2 Å². The first-order valence-corrected chi connectivity index (χ1v) is 14.2. The Balaban J connectivity index is 0.00000308. The lowest BCUT2D eigenvalue weighted by Crippen LogP contribution is -2.50. The molecule has 0 bridgehead atoms. The summed E-state index contributed by atoms with van der Waals surface area (Å²) in [7, 11) is 3.42. The zero-order valence-corrected chi connectivity index (χ0v) is 27.2. The predicted octanol–water partition coefficient (Wildman–Crippen LogP) is 7.74. The van der Waals surface area contributed by atoms with Crippen molar-refractivity contribution in [2.24, 2.45) is 0 Å². The molecule has 1 heterocycles. The molecule has 4 rings (SSSR count). The van der Waals surface area contributed by atoms with E-state index in [1.165, 1.54) is 0 Å². The first-order valence-electron chi connectivity index (χ1n) is 14.2. The van der Waals surface area contributed by atoms with Gasteiger partial charge in [-0.2, -0.15) is 0 Å². The monoisotopic (exact) mass is 616 g/mol. The Kier molecular flexibility index (Phi) is 12.7. The third-order valence-corrected chi connectivity index (χ3v) is 8.12. The topological polar surface area (TPSA) is 88.9 Å². The molecule has 1 saturated heterocycles. The van der Waals surface area contributed by atoms with E-state index < -0.39 is 0 Å². The molecular weight excluding hydrogens is 571 g/mol. The van der Waals surface area contributed by atoms with Crippen LogP contribution in [0.25, 0.3) is 0 Å². The molecule has 0 unspecified atom stereocenters. The number of hydrogen-bond acceptors (Lipinski definition) is 5. The van der Waals surface area contributed by atoms with E-state index in [9.17, 15) is 4.79 Å². The van der Waals surface area contributed by atoms with Gasteiger partial charge in [0.2, 0.25) is 0 Å². The molecular formula is C33H46Cl2N4O3. The van der Waals surface area contributed by atoms with Crippen molar-refractivity contribution in [1.82, 2.24) is 5.32 Å². The smallest absolute Gasteiger partial charge is 0.319 e. The van der Waals surface area contributed by atoms with Crippen LogP contribution in [-0.4, -0.2) is 39.9 Å². The van der Waals surface area contributed by atoms with Crippen LogP contribution in [0.15, 0.2) is 60.7 Å². The highest BCUT2D eigenvalue weighted by Crippen LogP contribution is 2.42. The van der Waals surface area contributed by atoms with Crippen LogP contribution in [-0.2, 0) is 5.41 Å². The number of methoxy groups -OCH3 is 2. The van der Waals surface area contributed by atoms with Crippen LogP contribution in [0, 0.1) is 0 Å². The lowest BCUT2D eigenvalue weighted by atomic mass is 9.72. The number of benzene rings is 3. The molecule has 0 saturated carbocycles. The maximum absolute atomic E-state index is 13.5. The van der Waals surface area contributed by atoms with Crippen molar-refractivity contribution in [1.29, 1.82) is 0 Å². The summed E-state index contributed by atoms with van der Waals surface area (Å²) in [6.45, 7) is 10.6. The summed E-state index contributed by atoms with van der Waals surface area (Å²) in [6, 6.07) is 20.0. The van der Waals surface area contributed by atoms with Crippen molar-refractivity contribution < 1.29 is 14.3 Å². The van der Waals surface area contributed by atoms with E-state index in [0.29, 0.717) is 6.54 Å². The van der Waals surface area contributed by atoms with Crippen LogP contribution in [0.5, 0.6) is 11.5 Å². The van der Waals surface area contributed by atoms with Gasteiger partial charge < -0.3 is 30.7 Å². The van der Waals surface area contributed by atoms with Crippen LogP contribution in [0.2, 0.25) is 0 Å². The summed E-state index contributed by atoms with van der Waals surface area (Å²) in [5, 5.41) is 6.43. The fourth-order valence-corrected chi connectivity index (χ4v) is 5.86. The number of para-hydroxylation sites is 3. The maximum atomic E-state index is 13.5. The van der Waals surface area contributed by atoms with E-state index in [1.807, 2.05) is 48.5 Å². The number of urea groups is 1. The third kappa shape index (κ3) is 7.56. The number of piperidine rings is 1. The van der Waals surface area contributed by atoms with Gasteiger partial charge in [-0.05, 0) is 66.1 Å². The number of nitrogens with zero attached hydrogens (tertiary/aromatic N) is 1. The van der Waals surface area contributed by atoms with Crippen LogP contribution in [0.3, 0.4) is 0 Å². The molecule has 0 radical (unpaired) electrons. The highest BCUT2D eigenvalue weighted by atomic mass is 35.5. The molecule has 230 valence electrons. The van der Waals surface area contributed by atoms with Gasteiger partial charge in [0, 0.05) is 42.0 Å². The minimum atomic E-state index is -0.286. The molecule has 1 aliphatic rings. The second-order valence-corrected chi connectivity index (χ2v) is 11.3. The molecule has 42 heavy (non-hydrogen) atoms. The molecule has 4 N–H and O–H groups in total. The summed E-state index contributed by atoms with van der Waals surface area (Å²) in [5.74, 6) is 2.15. The molecule has 1 fully saturated rings. The average Bonchev–Trinajstić information content (AvgIpc) is 2.96. The Hall–Kier alpha value is -3.29. The molecule has 3 aromatic carbocycles. The van der Waals surface area contributed by atoms with Gasteiger partial charge in [-0.15, -0.1) is 24.8 Å². The van der Waals surface area contributed by atoms with Gasteiger partial charge in [0.1, 0.15) is 11.5 Å². The Morgan fingerprint density at radius 1 is 0.881 bits per heavy atom. The molecule has 0 atom stereocenters. The fraction of sp³-hybridized carbons (Fsp3) is 0.424. The molecule has 7 nitrogen and oxygen atoms in total. The fourth-order valence-electron chi connectivity index (χ4n) is 5.86. The third-order valence-electron chi connectivity index (χ3n) is 8.12. The first-order chi connectivity index (χ1) is 19.2. The number of nitrogens with two attached hydrogens (primary N) is 1. The van der Waals surface area contributed by atoms with Crippen molar-refractivity contribution in [3.05, 3.63) is 77.4 Å². The summed E-state index contributed by atoms with van der Waals surface area (Å²) >= 11 is 0. The molecule has 0 spiro atoms. The van der Waals surface area contributed by atoms with E-state index in [0.717, 1.165) is 71.2 Å². The van der Waals surface area contributed by atoms with Crippen molar-refractivity contribution >= 4 is 47.9 Å². The van der Waals surface area contributed by atoms with Gasteiger partial charge in [-0.25, -0.2) is 4.79 Å². The normalized spacial score (nSPS) is 14.0. The van der Waals surface area contributed by atoms with Gasteiger partial charge in [-0.1, -0.05) is 58.0 Å². The zero-order valence-electron chi connectivity index (χ0n) is 25.5. The zero-order chi connectivity index (χ0) is 28.9. The SMILES string of the molecule is COc1ccccc1N1CCC(CNC(=O)Nc2c(C(C)C)cc(N)cc2C(C)C)(c2ccccc2OC)CC1.Cl.Cl. The summed E-state index contributed by atoms with van der Waals surface area (Å²) in [6.07, 6.45) is 1.70. The quantitative estimate of drug-likeness (QED) is 0.214. The number of hydrogen-bond donors (Lipinski definition) is 3. The number of amides is 2. The van der Waals surface area contributed by atoms with Crippen molar-refractivity contribution in [3.63, 3.8) is 0 Å². The van der Waals surface area contributed by atoms with E-state index in [-0.39, 0.29) is 48.1 Å². The minimum Gasteiger partial charge on any atom is -0.496 e. The van der Waals surface area contributed by atoms with E-state index in [2.05, 4.69) is 55.4 Å². The lowest BCUT2D eigenvalue weighted by molar-refractivity contribution is 0.243. The Labute approximate surface area is 263 Å². The number of rotatable bonds is 9. The largest absolute Gasteiger partial charge is 0.496 e. The van der Waals surface area contributed by atoms with Gasteiger partial charge in [0.25, 0.3) is 0 Å². The Bertz CT molecular complexity index is 1300. The predicted molar refractivity (Wildman–Crippen MR) is 180 cm³/mol. The van der Waals surface area contributed by atoms with Crippen molar-refractivity contribution in [2.45, 2.75) is 57.8 Å². The average molecular weight is 618 g/mol. The molecule has 9 heteroatoms. The van der Waals surface area contributed by atoms with Crippen molar-refractivity contribution in [3.8, 4) is 11.5 Å². The summed E-state index contributed by atoms with van der Waals surface area (Å²) < 4.78 is 11.4. The van der Waals surface area contributed by atoms with Crippen LogP contribution in [0.1, 0.15) is 69.1 Å². The molecule has 3 aromatic rings. The number of ether oxygens (including phenoxy) is 2. The molecule has 0 aliphatic carbocycles. The second-order valence-electron chi connectivity index (χ2n) is 11.3. The maximum Gasteiger partial charge on any atom is 0.319 e. The Morgan fingerprint density at radius 2 is 1.40 bits per heavy atom. The summed E-state index contributed by atoms with van der Waals surface area (Å²) in [4.78, 5) is 15.8. The van der Waals surface area contributed by atoms with Gasteiger partial charge in [0.15, 0.2) is 0 Å². The number of carbonyl (C=O) groups excluding carboxylic acids is 1. The molecule has 0 aromatic heterocycles.